The second kappa shape index (κ2) is 4.13. The molecule has 0 amide bonds. The van der Waals surface area contributed by atoms with Crippen LogP contribution < -0.4 is 4.74 Å². The molecule has 0 bridgehead atoms. The molecule has 4 nitrogen and oxygen atoms in total. The van der Waals surface area contributed by atoms with Crippen molar-refractivity contribution in [1.82, 2.24) is 4.98 Å². The molecule has 0 saturated carbocycles. The second-order valence-electron chi connectivity index (χ2n) is 3.35. The van der Waals surface area contributed by atoms with Crippen LogP contribution in [-0.4, -0.2) is 22.2 Å². The van der Waals surface area contributed by atoms with Gasteiger partial charge in [0.2, 0.25) is 5.88 Å². The average Bonchev–Trinajstić information content (AvgIpc) is 2.71. The van der Waals surface area contributed by atoms with Gasteiger partial charge in [0.1, 0.15) is 6.10 Å². The largest absolute Gasteiger partial charge is 0.477 e. The number of hydrogen-bond donors (Lipinski definition) is 1. The summed E-state index contributed by atoms with van der Waals surface area (Å²) in [7, 11) is 0. The molecule has 0 unspecified atom stereocenters. The van der Waals surface area contributed by atoms with E-state index in [1.807, 2.05) is 12.2 Å². The number of pyridine rings is 1. The first-order valence-electron chi connectivity index (χ1n) is 4.78. The number of hydrogen-bond acceptors (Lipinski definition) is 3. The molecule has 78 valence electrons. The summed E-state index contributed by atoms with van der Waals surface area (Å²) in [5.74, 6) is -0.659. The normalized spacial score (nSPS) is 15.5. The van der Waals surface area contributed by atoms with Crippen molar-refractivity contribution in [2.45, 2.75) is 18.9 Å². The number of ether oxygens (including phenoxy) is 1. The zero-order valence-electron chi connectivity index (χ0n) is 8.09. The molecule has 1 heterocycles. The Bertz CT molecular complexity index is 393. The van der Waals surface area contributed by atoms with Gasteiger partial charge in [-0.2, -0.15) is 0 Å². The van der Waals surface area contributed by atoms with Gasteiger partial charge >= 0.3 is 5.97 Å². The topological polar surface area (TPSA) is 59.4 Å². The van der Waals surface area contributed by atoms with Gasteiger partial charge in [0.15, 0.2) is 5.69 Å². The maximum atomic E-state index is 10.7. The van der Waals surface area contributed by atoms with Gasteiger partial charge in [0, 0.05) is 18.9 Å². The molecule has 0 aliphatic heterocycles. The fourth-order valence-electron chi connectivity index (χ4n) is 1.46. The molecule has 2 rings (SSSR count). The third-order valence-electron chi connectivity index (χ3n) is 2.19. The van der Waals surface area contributed by atoms with Crippen LogP contribution in [0, 0.1) is 0 Å². The van der Waals surface area contributed by atoms with E-state index < -0.39 is 5.97 Å². The summed E-state index contributed by atoms with van der Waals surface area (Å²) in [4.78, 5) is 14.5. The maximum absolute atomic E-state index is 10.7. The van der Waals surface area contributed by atoms with Crippen molar-refractivity contribution in [3.63, 3.8) is 0 Å². The van der Waals surface area contributed by atoms with Gasteiger partial charge in [-0.15, -0.1) is 0 Å². The number of rotatable bonds is 3. The summed E-state index contributed by atoms with van der Waals surface area (Å²) in [6.45, 7) is 0. The average molecular weight is 205 g/mol. The van der Waals surface area contributed by atoms with Crippen LogP contribution in [0.15, 0.2) is 30.4 Å². The number of carboxylic acid groups (broad SMARTS) is 1. The number of carbonyl (C=O) groups is 1. The Hall–Kier alpha value is -1.84. The molecule has 1 N–H and O–H groups in total. The van der Waals surface area contributed by atoms with Crippen molar-refractivity contribution in [3.8, 4) is 5.88 Å². The van der Waals surface area contributed by atoms with E-state index in [9.17, 15) is 4.79 Å². The van der Waals surface area contributed by atoms with Gasteiger partial charge in [-0.3, -0.25) is 0 Å². The van der Waals surface area contributed by atoms with E-state index in [-0.39, 0.29) is 11.8 Å². The summed E-state index contributed by atoms with van der Waals surface area (Å²) in [5, 5.41) is 8.74. The third-order valence-corrected chi connectivity index (χ3v) is 2.19. The van der Waals surface area contributed by atoms with Crippen LogP contribution in [-0.2, 0) is 0 Å². The lowest BCUT2D eigenvalue weighted by Gasteiger charge is -2.11. The van der Waals surface area contributed by atoms with Crippen LogP contribution >= 0.6 is 0 Å². The fraction of sp³-hybridized carbons (Fsp3) is 0.273. The van der Waals surface area contributed by atoms with Gasteiger partial charge in [-0.1, -0.05) is 18.2 Å². The predicted molar refractivity (Wildman–Crippen MR) is 54.0 cm³/mol. The molecule has 1 aliphatic rings. The molecule has 0 fully saturated rings. The van der Waals surface area contributed by atoms with Crippen molar-refractivity contribution in [1.29, 1.82) is 0 Å². The predicted octanol–water partition coefficient (Wildman–Crippen LogP) is 1.88. The first-order chi connectivity index (χ1) is 7.25. The first-order valence-corrected chi connectivity index (χ1v) is 4.78. The number of carboxylic acids is 1. The van der Waals surface area contributed by atoms with E-state index in [2.05, 4.69) is 4.98 Å². The zero-order chi connectivity index (χ0) is 10.7. The summed E-state index contributed by atoms with van der Waals surface area (Å²) in [6, 6.07) is 4.75. The van der Waals surface area contributed by atoms with Gasteiger partial charge in [-0.05, 0) is 6.07 Å². The fourth-order valence-corrected chi connectivity index (χ4v) is 1.46. The van der Waals surface area contributed by atoms with Crippen LogP contribution in [0.25, 0.3) is 0 Å². The van der Waals surface area contributed by atoms with Gasteiger partial charge < -0.3 is 9.84 Å². The van der Waals surface area contributed by atoms with E-state index >= 15 is 0 Å². The standard InChI is InChI=1S/C11H11NO3/c13-11(14)9-6-3-7-10(12-9)15-8-4-1-2-5-8/h1-3,6-8H,4-5H2,(H,13,14). The monoisotopic (exact) mass is 205 g/mol. The lowest BCUT2D eigenvalue weighted by atomic mass is 10.3. The third kappa shape index (κ3) is 2.34. The van der Waals surface area contributed by atoms with Crippen LogP contribution in [0.2, 0.25) is 0 Å². The van der Waals surface area contributed by atoms with E-state index in [0.717, 1.165) is 12.8 Å². The molecule has 15 heavy (non-hydrogen) atoms. The van der Waals surface area contributed by atoms with Gasteiger partial charge in [-0.25, -0.2) is 9.78 Å². The Morgan fingerprint density at radius 2 is 2.13 bits per heavy atom. The molecule has 0 spiro atoms. The van der Waals surface area contributed by atoms with Crippen LogP contribution in [0.3, 0.4) is 0 Å². The highest BCUT2D eigenvalue weighted by Crippen LogP contribution is 2.17. The molecule has 1 aliphatic carbocycles. The maximum Gasteiger partial charge on any atom is 0.354 e. The van der Waals surface area contributed by atoms with Crippen molar-refractivity contribution < 1.29 is 14.6 Å². The summed E-state index contributed by atoms with van der Waals surface area (Å²) in [6.07, 6.45) is 5.91. The van der Waals surface area contributed by atoms with Gasteiger partial charge in [0.05, 0.1) is 0 Å². The van der Waals surface area contributed by atoms with Crippen molar-refractivity contribution in [3.05, 3.63) is 36.0 Å². The summed E-state index contributed by atoms with van der Waals surface area (Å²) >= 11 is 0. The second-order valence-corrected chi connectivity index (χ2v) is 3.35. The smallest absolute Gasteiger partial charge is 0.354 e. The lowest BCUT2D eigenvalue weighted by Crippen LogP contribution is -2.13. The molecule has 0 saturated heterocycles. The van der Waals surface area contributed by atoms with Crippen LogP contribution in [0.5, 0.6) is 5.88 Å². The summed E-state index contributed by atoms with van der Waals surface area (Å²) in [5.41, 5.74) is 0.0125. The summed E-state index contributed by atoms with van der Waals surface area (Å²) < 4.78 is 5.53. The minimum absolute atomic E-state index is 0.0125. The minimum Gasteiger partial charge on any atom is -0.477 e. The molecular weight excluding hydrogens is 194 g/mol. The highest BCUT2D eigenvalue weighted by atomic mass is 16.5. The lowest BCUT2D eigenvalue weighted by molar-refractivity contribution is 0.0688. The van der Waals surface area contributed by atoms with Crippen molar-refractivity contribution in [2.75, 3.05) is 0 Å². The van der Waals surface area contributed by atoms with Crippen molar-refractivity contribution in [2.24, 2.45) is 0 Å². The quantitative estimate of drug-likeness (QED) is 0.765. The zero-order valence-corrected chi connectivity index (χ0v) is 8.09. The molecule has 4 heteroatoms. The molecule has 0 aromatic carbocycles. The number of aromatic nitrogens is 1. The Balaban J connectivity index is 2.07. The Morgan fingerprint density at radius 1 is 1.40 bits per heavy atom. The van der Waals surface area contributed by atoms with E-state index in [1.165, 1.54) is 6.07 Å². The highest BCUT2D eigenvalue weighted by molar-refractivity contribution is 5.85. The Kier molecular flexibility index (Phi) is 2.67. The van der Waals surface area contributed by atoms with Crippen molar-refractivity contribution >= 4 is 5.97 Å². The van der Waals surface area contributed by atoms with E-state index in [0.29, 0.717) is 5.88 Å². The van der Waals surface area contributed by atoms with E-state index in [1.54, 1.807) is 12.1 Å². The SMILES string of the molecule is O=C(O)c1cccc(OC2CC=CC2)n1. The molecular formula is C11H11NO3. The Morgan fingerprint density at radius 3 is 2.80 bits per heavy atom. The van der Waals surface area contributed by atoms with Crippen LogP contribution in [0.1, 0.15) is 23.3 Å². The molecule has 1 aromatic heterocycles. The van der Waals surface area contributed by atoms with Gasteiger partial charge in [0.25, 0.3) is 0 Å². The molecule has 0 atom stereocenters. The Labute approximate surface area is 87.2 Å². The molecule has 0 radical (unpaired) electrons. The van der Waals surface area contributed by atoms with E-state index in [4.69, 9.17) is 9.84 Å². The van der Waals surface area contributed by atoms with Crippen LogP contribution in [0.4, 0.5) is 0 Å². The number of nitrogens with zero attached hydrogens (tertiary/aromatic N) is 1. The highest BCUT2D eigenvalue weighted by Gasteiger charge is 2.13. The molecule has 1 aromatic rings. The number of aromatic carboxylic acids is 1. The minimum atomic E-state index is -1.04. The first kappa shape index (κ1) is 9.71.